The average molecular weight is 404 g/mol. The summed E-state index contributed by atoms with van der Waals surface area (Å²) in [6.45, 7) is 3.85. The molecule has 0 spiro atoms. The van der Waals surface area contributed by atoms with E-state index in [2.05, 4.69) is 5.32 Å². The van der Waals surface area contributed by atoms with Crippen LogP contribution in [0.5, 0.6) is 11.5 Å². The standard InChI is InChI=1S/C21H22ClNO5/c1-4-27-18-12-15(11-17(22)21(18)26-3)7-10-20(25)28-13-19(24)23-16-8-5-14(2)6-9-16/h5-12H,4,13H2,1-3H3,(H,23,24)/b10-7+. The van der Waals surface area contributed by atoms with Crippen LogP contribution in [0.3, 0.4) is 0 Å². The van der Waals surface area contributed by atoms with E-state index in [1.165, 1.54) is 19.3 Å². The first-order chi connectivity index (χ1) is 13.4. The molecule has 7 heteroatoms. The summed E-state index contributed by atoms with van der Waals surface area (Å²) in [6, 6.07) is 10.6. The SMILES string of the molecule is CCOc1cc(/C=C/C(=O)OCC(=O)Nc2ccc(C)cc2)cc(Cl)c1OC. The number of hydrogen-bond acceptors (Lipinski definition) is 5. The zero-order valence-electron chi connectivity index (χ0n) is 16.0. The molecule has 6 nitrogen and oxygen atoms in total. The van der Waals surface area contributed by atoms with Crippen LogP contribution in [-0.2, 0) is 14.3 Å². The van der Waals surface area contributed by atoms with E-state index >= 15 is 0 Å². The van der Waals surface area contributed by atoms with Gasteiger partial charge in [0.15, 0.2) is 18.1 Å². The van der Waals surface area contributed by atoms with Crippen molar-refractivity contribution >= 4 is 35.2 Å². The summed E-state index contributed by atoms with van der Waals surface area (Å²) in [5, 5.41) is 3.01. The number of carbonyl (C=O) groups is 2. The Kier molecular flexibility index (Phi) is 7.89. The Morgan fingerprint density at radius 1 is 1.18 bits per heavy atom. The monoisotopic (exact) mass is 403 g/mol. The Morgan fingerprint density at radius 2 is 1.89 bits per heavy atom. The van der Waals surface area contributed by atoms with Gasteiger partial charge in [0.25, 0.3) is 5.91 Å². The number of aryl methyl sites for hydroxylation is 1. The Bertz CT molecular complexity index is 862. The highest BCUT2D eigenvalue weighted by Gasteiger charge is 2.11. The van der Waals surface area contributed by atoms with Crippen molar-refractivity contribution in [1.82, 2.24) is 0 Å². The molecule has 148 valence electrons. The van der Waals surface area contributed by atoms with Crippen molar-refractivity contribution in [2.45, 2.75) is 13.8 Å². The van der Waals surface area contributed by atoms with Gasteiger partial charge < -0.3 is 19.5 Å². The molecular formula is C21H22ClNO5. The lowest BCUT2D eigenvalue weighted by molar-refractivity contribution is -0.142. The first-order valence-electron chi connectivity index (χ1n) is 8.64. The molecule has 0 heterocycles. The van der Waals surface area contributed by atoms with Gasteiger partial charge in [0.2, 0.25) is 0 Å². The summed E-state index contributed by atoms with van der Waals surface area (Å²) in [5.41, 5.74) is 2.36. The molecule has 2 rings (SSSR count). The summed E-state index contributed by atoms with van der Waals surface area (Å²) in [6.07, 6.45) is 2.74. The van der Waals surface area contributed by atoms with Crippen molar-refractivity contribution in [3.63, 3.8) is 0 Å². The molecule has 1 N–H and O–H groups in total. The van der Waals surface area contributed by atoms with Crippen LogP contribution in [0.25, 0.3) is 6.08 Å². The van der Waals surface area contributed by atoms with Gasteiger partial charge in [-0.2, -0.15) is 0 Å². The molecule has 2 aromatic carbocycles. The highest BCUT2D eigenvalue weighted by molar-refractivity contribution is 6.32. The van der Waals surface area contributed by atoms with Crippen molar-refractivity contribution in [2.75, 3.05) is 25.6 Å². The number of anilines is 1. The number of carbonyl (C=O) groups excluding carboxylic acids is 2. The minimum absolute atomic E-state index is 0.360. The van der Waals surface area contributed by atoms with Crippen molar-refractivity contribution in [2.24, 2.45) is 0 Å². The van der Waals surface area contributed by atoms with Gasteiger partial charge in [0, 0.05) is 11.8 Å². The van der Waals surface area contributed by atoms with Gasteiger partial charge in [-0.3, -0.25) is 4.79 Å². The van der Waals surface area contributed by atoms with E-state index in [1.54, 1.807) is 24.3 Å². The highest BCUT2D eigenvalue weighted by Crippen LogP contribution is 2.36. The molecule has 2 aromatic rings. The van der Waals surface area contributed by atoms with Crippen LogP contribution in [-0.4, -0.2) is 32.2 Å². The quantitative estimate of drug-likeness (QED) is 0.526. The van der Waals surface area contributed by atoms with Crippen LogP contribution in [0.4, 0.5) is 5.69 Å². The number of amides is 1. The lowest BCUT2D eigenvalue weighted by atomic mass is 10.2. The Morgan fingerprint density at radius 3 is 2.54 bits per heavy atom. The molecule has 1 amide bonds. The van der Waals surface area contributed by atoms with Gasteiger partial charge in [-0.1, -0.05) is 29.3 Å². The summed E-state index contributed by atoms with van der Waals surface area (Å²) in [4.78, 5) is 23.7. The second-order valence-electron chi connectivity index (χ2n) is 5.82. The largest absolute Gasteiger partial charge is 0.491 e. The third kappa shape index (κ3) is 6.32. The number of halogens is 1. The Hall–Kier alpha value is -2.99. The maximum Gasteiger partial charge on any atom is 0.331 e. The first-order valence-corrected chi connectivity index (χ1v) is 9.02. The number of methoxy groups -OCH3 is 1. The van der Waals surface area contributed by atoms with Gasteiger partial charge in [0.1, 0.15) is 0 Å². The van der Waals surface area contributed by atoms with Crippen LogP contribution in [0.1, 0.15) is 18.1 Å². The van der Waals surface area contributed by atoms with Gasteiger partial charge >= 0.3 is 5.97 Å². The fourth-order valence-corrected chi connectivity index (χ4v) is 2.62. The van der Waals surface area contributed by atoms with E-state index in [4.69, 9.17) is 25.8 Å². The molecule has 0 bridgehead atoms. The summed E-state index contributed by atoms with van der Waals surface area (Å²) in [5.74, 6) is -0.167. The lowest BCUT2D eigenvalue weighted by Gasteiger charge is -2.11. The van der Waals surface area contributed by atoms with Gasteiger partial charge in [-0.25, -0.2) is 4.79 Å². The smallest absolute Gasteiger partial charge is 0.331 e. The van der Waals surface area contributed by atoms with E-state index in [0.717, 1.165) is 5.56 Å². The van der Waals surface area contributed by atoms with Gasteiger partial charge in [-0.05, 0) is 49.8 Å². The van der Waals surface area contributed by atoms with Crippen molar-refractivity contribution in [3.8, 4) is 11.5 Å². The molecule has 0 unspecified atom stereocenters. The van der Waals surface area contributed by atoms with Crippen LogP contribution in [0.15, 0.2) is 42.5 Å². The number of ether oxygens (including phenoxy) is 3. The molecule has 0 atom stereocenters. The fourth-order valence-electron chi connectivity index (χ4n) is 2.33. The first kappa shape index (κ1) is 21.3. The molecule has 0 aromatic heterocycles. The number of rotatable bonds is 8. The maximum atomic E-state index is 11.9. The minimum atomic E-state index is -0.649. The molecule has 0 aliphatic carbocycles. The van der Waals surface area contributed by atoms with Crippen LogP contribution in [0.2, 0.25) is 5.02 Å². The average Bonchev–Trinajstić information content (AvgIpc) is 2.67. The normalized spacial score (nSPS) is 10.6. The van der Waals surface area contributed by atoms with Crippen molar-refractivity contribution in [3.05, 3.63) is 58.6 Å². The highest BCUT2D eigenvalue weighted by atomic mass is 35.5. The van der Waals surface area contributed by atoms with E-state index in [-0.39, 0.29) is 6.61 Å². The van der Waals surface area contributed by atoms with Crippen molar-refractivity contribution in [1.29, 1.82) is 0 Å². The van der Waals surface area contributed by atoms with Crippen LogP contribution in [0, 0.1) is 6.92 Å². The summed E-state index contributed by atoms with van der Waals surface area (Å²) < 4.78 is 15.6. The second kappa shape index (κ2) is 10.4. The molecule has 0 fully saturated rings. The maximum absolute atomic E-state index is 11.9. The molecular weight excluding hydrogens is 382 g/mol. The van der Waals surface area contributed by atoms with Crippen molar-refractivity contribution < 1.29 is 23.8 Å². The van der Waals surface area contributed by atoms with Crippen LogP contribution < -0.4 is 14.8 Å². The molecule has 0 radical (unpaired) electrons. The van der Waals surface area contributed by atoms with E-state index in [9.17, 15) is 9.59 Å². The second-order valence-corrected chi connectivity index (χ2v) is 6.23. The number of nitrogens with one attached hydrogen (secondary N) is 1. The van der Waals surface area contributed by atoms with Gasteiger partial charge in [-0.15, -0.1) is 0 Å². The summed E-state index contributed by atoms with van der Waals surface area (Å²) >= 11 is 6.17. The molecule has 0 saturated carbocycles. The minimum Gasteiger partial charge on any atom is -0.491 e. The van der Waals surface area contributed by atoms with E-state index in [1.807, 2.05) is 26.0 Å². The third-order valence-corrected chi connectivity index (χ3v) is 3.91. The fraction of sp³-hybridized carbons (Fsp3) is 0.238. The van der Waals surface area contributed by atoms with E-state index in [0.29, 0.717) is 34.4 Å². The zero-order chi connectivity index (χ0) is 20.5. The summed E-state index contributed by atoms with van der Waals surface area (Å²) in [7, 11) is 1.50. The number of esters is 1. The van der Waals surface area contributed by atoms with Crippen LogP contribution >= 0.6 is 11.6 Å². The van der Waals surface area contributed by atoms with Gasteiger partial charge in [0.05, 0.1) is 18.7 Å². The molecule has 0 aliphatic rings. The third-order valence-electron chi connectivity index (χ3n) is 3.63. The van der Waals surface area contributed by atoms with E-state index < -0.39 is 11.9 Å². The lowest BCUT2D eigenvalue weighted by Crippen LogP contribution is -2.20. The Balaban J connectivity index is 1.92. The number of hydrogen-bond donors (Lipinski definition) is 1. The molecule has 0 saturated heterocycles. The molecule has 28 heavy (non-hydrogen) atoms. The number of benzene rings is 2. The molecule has 0 aliphatic heterocycles. The predicted octanol–water partition coefficient (Wildman–Crippen LogP) is 4.25. The zero-order valence-corrected chi connectivity index (χ0v) is 16.7. The Labute approximate surface area is 169 Å². The topological polar surface area (TPSA) is 73.9 Å². The predicted molar refractivity (Wildman–Crippen MR) is 109 cm³/mol.